The molecule has 0 radical (unpaired) electrons. The van der Waals surface area contributed by atoms with E-state index < -0.39 is 17.1 Å². The summed E-state index contributed by atoms with van der Waals surface area (Å²) < 4.78 is 1.48. The number of carboxylic acids is 1. The van der Waals surface area contributed by atoms with Crippen molar-refractivity contribution in [2.45, 2.75) is 26.7 Å². The van der Waals surface area contributed by atoms with E-state index in [4.69, 9.17) is 5.11 Å². The molecule has 20 heavy (non-hydrogen) atoms. The third-order valence-corrected chi connectivity index (χ3v) is 3.06. The van der Waals surface area contributed by atoms with Gasteiger partial charge < -0.3 is 5.11 Å². The lowest BCUT2D eigenvalue weighted by Crippen LogP contribution is -2.23. The van der Waals surface area contributed by atoms with Crippen LogP contribution in [0.15, 0.2) is 35.3 Å². The van der Waals surface area contributed by atoms with Gasteiger partial charge in [0.25, 0.3) is 0 Å². The Morgan fingerprint density at radius 2 is 2.05 bits per heavy atom. The molecule has 0 aliphatic heterocycles. The molecule has 0 saturated carbocycles. The van der Waals surface area contributed by atoms with Gasteiger partial charge in [0.1, 0.15) is 0 Å². The number of aromatic nitrogens is 2. The van der Waals surface area contributed by atoms with Gasteiger partial charge in [-0.15, -0.1) is 0 Å². The Bertz CT molecular complexity index is 705. The molecule has 0 fully saturated rings. The molecule has 0 aliphatic rings. The van der Waals surface area contributed by atoms with Crippen molar-refractivity contribution in [1.29, 1.82) is 0 Å². The summed E-state index contributed by atoms with van der Waals surface area (Å²) in [5.41, 5.74) is 1.25. The van der Waals surface area contributed by atoms with Crippen molar-refractivity contribution in [2.75, 3.05) is 0 Å². The highest BCUT2D eigenvalue weighted by Gasteiger charge is 2.15. The molecule has 0 amide bonds. The second kappa shape index (κ2) is 5.69. The van der Waals surface area contributed by atoms with Gasteiger partial charge in [0, 0.05) is 11.8 Å². The smallest absolute Gasteiger partial charge is 0.360 e. The predicted octanol–water partition coefficient (Wildman–Crippen LogP) is 2.19. The zero-order chi connectivity index (χ0) is 14.7. The number of benzene rings is 1. The number of nitrogens with zero attached hydrogens (tertiary/aromatic N) is 2. The van der Waals surface area contributed by atoms with E-state index in [0.717, 1.165) is 24.1 Å². The average molecular weight is 272 g/mol. The second-order valence-corrected chi connectivity index (χ2v) is 4.62. The maximum absolute atomic E-state index is 11.7. The zero-order valence-electron chi connectivity index (χ0n) is 11.5. The number of aryl methyl sites for hydroxylation is 2. The lowest BCUT2D eigenvalue weighted by Gasteiger charge is -2.12. The number of hydrogen-bond donors (Lipinski definition) is 1. The van der Waals surface area contributed by atoms with Crippen molar-refractivity contribution in [1.82, 2.24) is 9.78 Å². The molecule has 1 heterocycles. The minimum atomic E-state index is -1.31. The van der Waals surface area contributed by atoms with Crippen LogP contribution in [0.3, 0.4) is 0 Å². The Balaban J connectivity index is 2.65. The van der Waals surface area contributed by atoms with Crippen molar-refractivity contribution in [3.05, 3.63) is 57.5 Å². The lowest BCUT2D eigenvalue weighted by atomic mass is 10.1. The summed E-state index contributed by atoms with van der Waals surface area (Å²) in [5, 5.41) is 13.0. The molecule has 0 bridgehead atoms. The molecule has 1 N–H and O–H groups in total. The molecule has 0 spiro atoms. The number of aromatic carboxylic acids is 1. The van der Waals surface area contributed by atoms with Gasteiger partial charge in [-0.05, 0) is 25.0 Å². The normalized spacial score (nSPS) is 10.5. The van der Waals surface area contributed by atoms with Crippen LogP contribution < -0.4 is 5.43 Å². The highest BCUT2D eigenvalue weighted by molar-refractivity contribution is 5.85. The largest absolute Gasteiger partial charge is 0.476 e. The van der Waals surface area contributed by atoms with Crippen LogP contribution in [0, 0.1) is 6.92 Å². The van der Waals surface area contributed by atoms with Gasteiger partial charge in [0.15, 0.2) is 0 Å². The predicted molar refractivity (Wildman–Crippen MR) is 75.5 cm³/mol. The van der Waals surface area contributed by atoms with E-state index in [9.17, 15) is 9.59 Å². The maximum atomic E-state index is 11.7. The Morgan fingerprint density at radius 3 is 2.70 bits per heavy atom. The van der Waals surface area contributed by atoms with Gasteiger partial charge in [0.05, 0.1) is 5.69 Å². The zero-order valence-corrected chi connectivity index (χ0v) is 11.5. The topological polar surface area (TPSA) is 72.2 Å². The molecule has 0 atom stereocenters. The molecule has 2 aromatic rings. The fourth-order valence-corrected chi connectivity index (χ4v) is 2.09. The number of carboxylic acid groups (broad SMARTS) is 1. The fourth-order valence-electron chi connectivity index (χ4n) is 2.09. The van der Waals surface area contributed by atoms with E-state index in [1.165, 1.54) is 4.68 Å². The van der Waals surface area contributed by atoms with Crippen LogP contribution in [0.1, 0.15) is 35.0 Å². The highest BCUT2D eigenvalue weighted by atomic mass is 16.4. The molecule has 0 aliphatic carbocycles. The van der Waals surface area contributed by atoms with Crippen LogP contribution in [0.25, 0.3) is 5.69 Å². The van der Waals surface area contributed by atoms with Crippen LogP contribution >= 0.6 is 0 Å². The summed E-state index contributed by atoms with van der Waals surface area (Å²) >= 11 is 0. The van der Waals surface area contributed by atoms with Crippen molar-refractivity contribution in [2.24, 2.45) is 0 Å². The quantitative estimate of drug-likeness (QED) is 0.926. The number of carbonyl (C=O) groups is 1. The third kappa shape index (κ3) is 2.61. The van der Waals surface area contributed by atoms with E-state index in [1.54, 1.807) is 13.1 Å². The van der Waals surface area contributed by atoms with Crippen LogP contribution in [-0.2, 0) is 6.42 Å². The Hall–Kier alpha value is -2.43. The minimum absolute atomic E-state index is 0.365. The molecule has 5 nitrogen and oxygen atoms in total. The molecule has 0 unspecified atom stereocenters. The van der Waals surface area contributed by atoms with Gasteiger partial charge in [-0.2, -0.15) is 5.10 Å². The number of hydrogen-bond acceptors (Lipinski definition) is 3. The summed E-state index contributed by atoms with van der Waals surface area (Å²) in [7, 11) is 0. The summed E-state index contributed by atoms with van der Waals surface area (Å²) in [5.74, 6) is -1.31. The average Bonchev–Trinajstić information content (AvgIpc) is 2.42. The molecule has 1 aromatic heterocycles. The van der Waals surface area contributed by atoms with Crippen molar-refractivity contribution >= 4 is 5.97 Å². The first-order valence-corrected chi connectivity index (χ1v) is 6.46. The number of para-hydroxylation sites is 1. The van der Waals surface area contributed by atoms with Gasteiger partial charge in [0.2, 0.25) is 11.1 Å². The van der Waals surface area contributed by atoms with Crippen molar-refractivity contribution < 1.29 is 9.90 Å². The van der Waals surface area contributed by atoms with Crippen LogP contribution in [0.4, 0.5) is 0 Å². The SMILES string of the molecule is CCCc1ccccc1-n1cc(C)c(=O)c(C(=O)O)n1. The lowest BCUT2D eigenvalue weighted by molar-refractivity contribution is 0.0686. The molecule has 1 aromatic carbocycles. The van der Waals surface area contributed by atoms with Gasteiger partial charge in [-0.3, -0.25) is 4.79 Å². The number of rotatable bonds is 4. The summed E-state index contributed by atoms with van der Waals surface area (Å²) in [6.07, 6.45) is 3.41. The van der Waals surface area contributed by atoms with Crippen molar-refractivity contribution in [3.63, 3.8) is 0 Å². The van der Waals surface area contributed by atoms with Crippen LogP contribution in [0.2, 0.25) is 0 Å². The van der Waals surface area contributed by atoms with Gasteiger partial charge in [-0.25, -0.2) is 9.48 Å². The molecule has 104 valence electrons. The Labute approximate surface area is 116 Å². The van der Waals surface area contributed by atoms with Crippen LogP contribution in [-0.4, -0.2) is 20.9 Å². The highest BCUT2D eigenvalue weighted by Crippen LogP contribution is 2.15. The third-order valence-electron chi connectivity index (χ3n) is 3.06. The van der Waals surface area contributed by atoms with E-state index in [0.29, 0.717) is 5.56 Å². The van der Waals surface area contributed by atoms with Crippen molar-refractivity contribution in [3.8, 4) is 5.69 Å². The summed E-state index contributed by atoms with van der Waals surface area (Å²) in [6, 6.07) is 7.65. The summed E-state index contributed by atoms with van der Waals surface area (Å²) in [6.45, 7) is 3.67. The molecule has 2 rings (SSSR count). The first-order chi connectivity index (χ1) is 9.54. The summed E-state index contributed by atoms with van der Waals surface area (Å²) in [4.78, 5) is 22.8. The molecular formula is C15H16N2O3. The van der Waals surface area contributed by atoms with E-state index in [2.05, 4.69) is 12.0 Å². The minimum Gasteiger partial charge on any atom is -0.476 e. The molecule has 0 saturated heterocycles. The first-order valence-electron chi connectivity index (χ1n) is 6.46. The van der Waals surface area contributed by atoms with Crippen LogP contribution in [0.5, 0.6) is 0 Å². The molecule has 5 heteroatoms. The Kier molecular flexibility index (Phi) is 3.98. The Morgan fingerprint density at radius 1 is 1.35 bits per heavy atom. The monoisotopic (exact) mass is 272 g/mol. The molecular weight excluding hydrogens is 256 g/mol. The van der Waals surface area contributed by atoms with Gasteiger partial charge in [-0.1, -0.05) is 31.5 Å². The maximum Gasteiger partial charge on any atom is 0.360 e. The van der Waals surface area contributed by atoms with E-state index >= 15 is 0 Å². The van der Waals surface area contributed by atoms with E-state index in [1.807, 2.05) is 24.3 Å². The standard InChI is InChI=1S/C15H16N2O3/c1-3-6-11-7-4-5-8-12(11)17-9-10(2)14(18)13(16-17)15(19)20/h4-5,7-9H,3,6H2,1-2H3,(H,19,20). The fraction of sp³-hybridized carbons (Fsp3) is 0.267. The van der Waals surface area contributed by atoms with E-state index in [-0.39, 0.29) is 0 Å². The second-order valence-electron chi connectivity index (χ2n) is 4.62. The van der Waals surface area contributed by atoms with Gasteiger partial charge >= 0.3 is 5.97 Å². The first kappa shape index (κ1) is 14.0.